The highest BCUT2D eigenvalue weighted by molar-refractivity contribution is 7.99. The number of hydrogen-bond donors (Lipinski definition) is 1. The Morgan fingerprint density at radius 3 is 2.41 bits per heavy atom. The molecular formula is C12H23NO2S2. The van der Waals surface area contributed by atoms with E-state index in [0.717, 1.165) is 12.8 Å². The average molecular weight is 277 g/mol. The van der Waals surface area contributed by atoms with Crippen LogP contribution in [0.2, 0.25) is 0 Å². The van der Waals surface area contributed by atoms with Crippen molar-refractivity contribution in [2.75, 3.05) is 23.0 Å². The Labute approximate surface area is 109 Å². The van der Waals surface area contributed by atoms with E-state index in [9.17, 15) is 8.42 Å². The van der Waals surface area contributed by atoms with Crippen LogP contribution in [0.25, 0.3) is 0 Å². The van der Waals surface area contributed by atoms with Gasteiger partial charge in [0.2, 0.25) is 0 Å². The molecular weight excluding hydrogens is 254 g/mol. The standard InChI is InChI=1S/C12H23NO2S2/c1-12(2)7-11(8-16-9-12)13-10-3-5-17(14,15)6-4-10/h10-11,13H,3-9H2,1-2H3. The van der Waals surface area contributed by atoms with Crippen LogP contribution in [0.5, 0.6) is 0 Å². The Balaban J connectivity index is 1.82. The summed E-state index contributed by atoms with van der Waals surface area (Å²) in [4.78, 5) is 0. The molecule has 17 heavy (non-hydrogen) atoms. The largest absolute Gasteiger partial charge is 0.310 e. The van der Waals surface area contributed by atoms with Crippen LogP contribution in [0.4, 0.5) is 0 Å². The van der Waals surface area contributed by atoms with E-state index < -0.39 is 9.84 Å². The molecule has 100 valence electrons. The molecule has 2 fully saturated rings. The van der Waals surface area contributed by atoms with Gasteiger partial charge in [0.25, 0.3) is 0 Å². The minimum atomic E-state index is -2.72. The maximum atomic E-state index is 11.4. The minimum absolute atomic E-state index is 0.369. The summed E-state index contributed by atoms with van der Waals surface area (Å²) in [7, 11) is -2.72. The van der Waals surface area contributed by atoms with E-state index >= 15 is 0 Å². The monoisotopic (exact) mass is 277 g/mol. The Hall–Kier alpha value is 0.260. The van der Waals surface area contributed by atoms with E-state index in [-0.39, 0.29) is 0 Å². The predicted molar refractivity (Wildman–Crippen MR) is 74.3 cm³/mol. The van der Waals surface area contributed by atoms with Crippen LogP contribution in [0.15, 0.2) is 0 Å². The summed E-state index contributed by atoms with van der Waals surface area (Å²) >= 11 is 2.02. The third-order valence-corrected chi connectivity index (χ3v) is 6.98. The molecule has 1 atom stereocenters. The Kier molecular flexibility index (Phi) is 4.10. The maximum absolute atomic E-state index is 11.4. The molecule has 0 aromatic heterocycles. The van der Waals surface area contributed by atoms with Gasteiger partial charge < -0.3 is 5.32 Å². The second-order valence-corrected chi connectivity index (χ2v) is 9.51. The van der Waals surface area contributed by atoms with Crippen molar-refractivity contribution in [3.05, 3.63) is 0 Å². The van der Waals surface area contributed by atoms with E-state index in [1.807, 2.05) is 11.8 Å². The Morgan fingerprint density at radius 2 is 1.82 bits per heavy atom. The quantitative estimate of drug-likeness (QED) is 0.834. The Bertz CT molecular complexity index is 351. The molecule has 2 aliphatic rings. The molecule has 2 saturated heterocycles. The van der Waals surface area contributed by atoms with Gasteiger partial charge in [-0.2, -0.15) is 11.8 Å². The second-order valence-electron chi connectivity index (χ2n) is 6.17. The number of thioether (sulfide) groups is 1. The van der Waals surface area contributed by atoms with Crippen molar-refractivity contribution in [3.8, 4) is 0 Å². The first-order valence-electron chi connectivity index (χ1n) is 6.41. The van der Waals surface area contributed by atoms with E-state index in [2.05, 4.69) is 19.2 Å². The molecule has 3 nitrogen and oxygen atoms in total. The van der Waals surface area contributed by atoms with Crippen LogP contribution in [-0.4, -0.2) is 43.5 Å². The van der Waals surface area contributed by atoms with Gasteiger partial charge in [0.15, 0.2) is 0 Å². The second kappa shape index (κ2) is 5.10. The lowest BCUT2D eigenvalue weighted by Gasteiger charge is -2.37. The molecule has 0 bridgehead atoms. The summed E-state index contributed by atoms with van der Waals surface area (Å²) in [6.45, 7) is 4.64. The summed E-state index contributed by atoms with van der Waals surface area (Å²) in [5.74, 6) is 3.15. The third-order valence-electron chi connectivity index (χ3n) is 3.64. The molecule has 2 heterocycles. The highest BCUT2D eigenvalue weighted by Crippen LogP contribution is 2.33. The summed E-state index contributed by atoms with van der Waals surface area (Å²) in [6, 6.07) is 0.979. The normalized spacial score (nSPS) is 33.4. The van der Waals surface area contributed by atoms with Gasteiger partial charge in [-0.25, -0.2) is 8.42 Å². The molecule has 1 unspecified atom stereocenters. The molecule has 2 aliphatic heterocycles. The van der Waals surface area contributed by atoms with Crippen LogP contribution in [-0.2, 0) is 9.84 Å². The molecule has 0 amide bonds. The fraction of sp³-hybridized carbons (Fsp3) is 1.00. The van der Waals surface area contributed by atoms with Crippen LogP contribution in [0.3, 0.4) is 0 Å². The molecule has 0 aromatic carbocycles. The number of hydrogen-bond acceptors (Lipinski definition) is 4. The van der Waals surface area contributed by atoms with E-state index in [0.29, 0.717) is 29.0 Å². The zero-order chi connectivity index (χ0) is 12.5. The molecule has 0 aliphatic carbocycles. The predicted octanol–water partition coefficient (Wildman–Crippen LogP) is 1.68. The van der Waals surface area contributed by atoms with E-state index in [1.54, 1.807) is 0 Å². The van der Waals surface area contributed by atoms with Crippen molar-refractivity contribution in [2.24, 2.45) is 5.41 Å². The molecule has 0 radical (unpaired) electrons. The van der Waals surface area contributed by atoms with Crippen molar-refractivity contribution in [2.45, 2.75) is 45.2 Å². The molecule has 2 rings (SSSR count). The van der Waals surface area contributed by atoms with Gasteiger partial charge >= 0.3 is 0 Å². The molecule has 0 spiro atoms. The van der Waals surface area contributed by atoms with E-state index in [1.165, 1.54) is 17.9 Å². The van der Waals surface area contributed by atoms with Gasteiger partial charge in [-0.15, -0.1) is 0 Å². The lowest BCUT2D eigenvalue weighted by Crippen LogP contribution is -2.47. The highest BCUT2D eigenvalue weighted by Gasteiger charge is 2.31. The molecule has 0 aromatic rings. The third kappa shape index (κ3) is 4.14. The fourth-order valence-corrected chi connectivity index (χ4v) is 5.54. The van der Waals surface area contributed by atoms with Crippen molar-refractivity contribution in [1.82, 2.24) is 5.32 Å². The van der Waals surface area contributed by atoms with Gasteiger partial charge in [0.05, 0.1) is 11.5 Å². The number of sulfone groups is 1. The first kappa shape index (κ1) is 13.7. The zero-order valence-electron chi connectivity index (χ0n) is 10.7. The average Bonchev–Trinajstić information content (AvgIpc) is 2.20. The van der Waals surface area contributed by atoms with Crippen molar-refractivity contribution >= 4 is 21.6 Å². The molecule has 0 saturated carbocycles. The smallest absolute Gasteiger partial charge is 0.150 e. The summed E-state index contributed by atoms with van der Waals surface area (Å²) in [6.07, 6.45) is 2.80. The van der Waals surface area contributed by atoms with Gasteiger partial charge in [-0.1, -0.05) is 13.8 Å². The number of rotatable bonds is 2. The summed E-state index contributed by atoms with van der Waals surface area (Å²) in [5, 5.41) is 3.67. The Morgan fingerprint density at radius 1 is 1.18 bits per heavy atom. The van der Waals surface area contributed by atoms with Crippen LogP contribution >= 0.6 is 11.8 Å². The summed E-state index contributed by atoms with van der Waals surface area (Å²) < 4.78 is 22.7. The first-order chi connectivity index (χ1) is 7.86. The van der Waals surface area contributed by atoms with Crippen LogP contribution in [0, 0.1) is 5.41 Å². The molecule has 5 heteroatoms. The van der Waals surface area contributed by atoms with Crippen LogP contribution in [0.1, 0.15) is 33.1 Å². The molecule has 1 N–H and O–H groups in total. The first-order valence-corrected chi connectivity index (χ1v) is 9.38. The van der Waals surface area contributed by atoms with Gasteiger partial charge in [-0.3, -0.25) is 0 Å². The van der Waals surface area contributed by atoms with Gasteiger partial charge in [0, 0.05) is 17.8 Å². The lowest BCUT2D eigenvalue weighted by molar-refractivity contribution is 0.293. The highest BCUT2D eigenvalue weighted by atomic mass is 32.2. The number of nitrogens with one attached hydrogen (secondary N) is 1. The van der Waals surface area contributed by atoms with Crippen LogP contribution < -0.4 is 5.32 Å². The summed E-state index contributed by atoms with van der Waals surface area (Å²) in [5.41, 5.74) is 0.418. The topological polar surface area (TPSA) is 46.2 Å². The van der Waals surface area contributed by atoms with E-state index in [4.69, 9.17) is 0 Å². The zero-order valence-corrected chi connectivity index (χ0v) is 12.4. The van der Waals surface area contributed by atoms with Crippen molar-refractivity contribution in [1.29, 1.82) is 0 Å². The van der Waals surface area contributed by atoms with Gasteiger partial charge in [0.1, 0.15) is 9.84 Å². The fourth-order valence-electron chi connectivity index (χ4n) is 2.76. The SMILES string of the molecule is CC1(C)CSCC(NC2CCS(=O)(=O)CC2)C1. The lowest BCUT2D eigenvalue weighted by atomic mass is 9.87. The van der Waals surface area contributed by atoms with Gasteiger partial charge in [-0.05, 0) is 30.4 Å². The van der Waals surface area contributed by atoms with Crippen molar-refractivity contribution in [3.63, 3.8) is 0 Å². The minimum Gasteiger partial charge on any atom is -0.310 e. The van der Waals surface area contributed by atoms with Crippen molar-refractivity contribution < 1.29 is 8.42 Å². The maximum Gasteiger partial charge on any atom is 0.150 e.